The lowest BCUT2D eigenvalue weighted by Crippen LogP contribution is -2.40. The van der Waals surface area contributed by atoms with E-state index >= 15 is 0 Å². The third kappa shape index (κ3) is 4.32. The highest BCUT2D eigenvalue weighted by atomic mass is 16.7. The number of nitrogens with two attached hydrogens (primary N) is 1. The molecular weight excluding hydrogens is 226 g/mol. The van der Waals surface area contributed by atoms with Gasteiger partial charge in [0, 0.05) is 6.61 Å². The molecule has 1 heterocycles. The number of ether oxygens (including phenoxy) is 2. The molecule has 1 rings (SSSR count). The van der Waals surface area contributed by atoms with Gasteiger partial charge in [-0.05, 0) is 33.6 Å². The second kappa shape index (κ2) is 5.46. The molecule has 1 fully saturated rings. The maximum atomic E-state index is 11.7. The minimum atomic E-state index is -0.716. The summed E-state index contributed by atoms with van der Waals surface area (Å²) < 4.78 is 10.5. The lowest BCUT2D eigenvalue weighted by molar-refractivity contribution is -0.175. The fourth-order valence-corrected chi connectivity index (χ4v) is 1.64. The summed E-state index contributed by atoms with van der Waals surface area (Å²) in [5.41, 5.74) is -0.568. The van der Waals surface area contributed by atoms with Crippen molar-refractivity contribution >= 4 is 11.9 Å². The van der Waals surface area contributed by atoms with Gasteiger partial charge in [0.05, 0.1) is 5.92 Å². The summed E-state index contributed by atoms with van der Waals surface area (Å²) in [6, 6.07) is 0. The smallest absolute Gasteiger partial charge is 0.335 e. The zero-order chi connectivity index (χ0) is 13.1. The Morgan fingerprint density at radius 2 is 1.94 bits per heavy atom. The molecule has 2 unspecified atom stereocenters. The van der Waals surface area contributed by atoms with Crippen molar-refractivity contribution in [3.8, 4) is 0 Å². The van der Waals surface area contributed by atoms with Crippen LogP contribution in [0.5, 0.6) is 0 Å². The third-order valence-corrected chi connectivity index (χ3v) is 2.40. The first-order valence-electron chi connectivity index (χ1n) is 5.58. The molecule has 0 aromatic rings. The summed E-state index contributed by atoms with van der Waals surface area (Å²) in [5.74, 6) is 3.46. The molecule has 2 atom stereocenters. The molecule has 1 saturated heterocycles. The van der Waals surface area contributed by atoms with Crippen LogP contribution < -0.4 is 5.90 Å². The van der Waals surface area contributed by atoms with Gasteiger partial charge in [0.15, 0.2) is 6.10 Å². The van der Waals surface area contributed by atoms with E-state index in [1.165, 1.54) is 0 Å². The summed E-state index contributed by atoms with van der Waals surface area (Å²) >= 11 is 0. The van der Waals surface area contributed by atoms with E-state index in [1.54, 1.807) is 20.8 Å². The zero-order valence-electron chi connectivity index (χ0n) is 10.4. The predicted octanol–water partition coefficient (Wildman–Crippen LogP) is 0.540. The van der Waals surface area contributed by atoms with E-state index in [-0.39, 0.29) is 6.42 Å². The Balaban J connectivity index is 2.55. The second-order valence-electron chi connectivity index (χ2n) is 5.05. The zero-order valence-corrected chi connectivity index (χ0v) is 10.4. The molecule has 0 amide bonds. The van der Waals surface area contributed by atoms with Crippen molar-refractivity contribution in [3.05, 3.63) is 0 Å². The molecule has 98 valence electrons. The lowest BCUT2D eigenvalue weighted by atomic mass is 9.95. The number of rotatable bonds is 2. The first kappa shape index (κ1) is 13.9. The van der Waals surface area contributed by atoms with Crippen molar-refractivity contribution in [2.75, 3.05) is 6.61 Å². The fourth-order valence-electron chi connectivity index (χ4n) is 1.64. The molecule has 17 heavy (non-hydrogen) atoms. The Kier molecular flexibility index (Phi) is 4.47. The SMILES string of the molecule is CC(C)(C)OC(=O)C1CC(C(=O)ON)CCO1. The summed E-state index contributed by atoms with van der Waals surface area (Å²) in [4.78, 5) is 27.2. The van der Waals surface area contributed by atoms with Crippen LogP contribution in [-0.4, -0.2) is 30.3 Å². The maximum Gasteiger partial charge on any atom is 0.335 e. The van der Waals surface area contributed by atoms with Crippen molar-refractivity contribution in [1.29, 1.82) is 0 Å². The molecule has 6 nitrogen and oxygen atoms in total. The quantitative estimate of drug-likeness (QED) is 0.564. The lowest BCUT2D eigenvalue weighted by Gasteiger charge is -2.29. The highest BCUT2D eigenvalue weighted by Gasteiger charge is 2.35. The number of hydrogen-bond donors (Lipinski definition) is 1. The maximum absolute atomic E-state index is 11.7. The molecule has 0 saturated carbocycles. The van der Waals surface area contributed by atoms with Gasteiger partial charge in [-0.1, -0.05) is 0 Å². The Bertz CT molecular complexity index is 297. The molecule has 6 heteroatoms. The van der Waals surface area contributed by atoms with Gasteiger partial charge < -0.3 is 14.3 Å². The Labute approximate surface area is 100 Å². The number of carbonyl (C=O) groups is 2. The van der Waals surface area contributed by atoms with E-state index in [1.807, 2.05) is 0 Å². The van der Waals surface area contributed by atoms with Crippen LogP contribution >= 0.6 is 0 Å². The van der Waals surface area contributed by atoms with Crippen molar-refractivity contribution < 1.29 is 23.9 Å². The molecule has 0 bridgehead atoms. The summed E-state index contributed by atoms with van der Waals surface area (Å²) in [6.45, 7) is 5.65. The summed E-state index contributed by atoms with van der Waals surface area (Å²) in [6.07, 6.45) is 0.0485. The largest absolute Gasteiger partial charge is 0.458 e. The highest BCUT2D eigenvalue weighted by molar-refractivity contribution is 5.78. The number of carbonyl (C=O) groups excluding carboxylic acids is 2. The van der Waals surface area contributed by atoms with Crippen molar-refractivity contribution in [2.24, 2.45) is 11.8 Å². The van der Waals surface area contributed by atoms with Gasteiger partial charge in [0.1, 0.15) is 5.60 Å². The molecule has 1 aliphatic rings. The first-order chi connectivity index (χ1) is 7.83. The predicted molar refractivity (Wildman–Crippen MR) is 58.6 cm³/mol. The van der Waals surface area contributed by atoms with Crippen LogP contribution in [0.3, 0.4) is 0 Å². The van der Waals surface area contributed by atoms with Crippen LogP contribution in [0.2, 0.25) is 0 Å². The monoisotopic (exact) mass is 245 g/mol. The normalized spacial score (nSPS) is 25.2. The van der Waals surface area contributed by atoms with E-state index < -0.39 is 29.6 Å². The molecule has 1 aliphatic heterocycles. The van der Waals surface area contributed by atoms with E-state index in [9.17, 15) is 9.59 Å². The van der Waals surface area contributed by atoms with Crippen LogP contribution in [0.4, 0.5) is 0 Å². The topological polar surface area (TPSA) is 87.9 Å². The van der Waals surface area contributed by atoms with E-state index in [4.69, 9.17) is 15.4 Å². The summed E-state index contributed by atoms with van der Waals surface area (Å²) in [5, 5.41) is 0. The Morgan fingerprint density at radius 1 is 1.29 bits per heavy atom. The average Bonchev–Trinajstić information content (AvgIpc) is 2.26. The van der Waals surface area contributed by atoms with Gasteiger partial charge >= 0.3 is 11.9 Å². The number of hydrogen-bond acceptors (Lipinski definition) is 6. The average molecular weight is 245 g/mol. The van der Waals surface area contributed by atoms with Gasteiger partial charge in [-0.25, -0.2) is 4.79 Å². The molecule has 0 aromatic carbocycles. The van der Waals surface area contributed by atoms with Crippen LogP contribution in [0.15, 0.2) is 0 Å². The third-order valence-electron chi connectivity index (χ3n) is 2.40. The molecule has 0 spiro atoms. The molecule has 0 aliphatic carbocycles. The molecule has 0 aromatic heterocycles. The Morgan fingerprint density at radius 3 is 2.47 bits per heavy atom. The van der Waals surface area contributed by atoms with Crippen LogP contribution in [0.1, 0.15) is 33.6 Å². The molecular formula is C11H19NO5. The molecule has 0 radical (unpaired) electrons. The van der Waals surface area contributed by atoms with Crippen LogP contribution in [0.25, 0.3) is 0 Å². The van der Waals surface area contributed by atoms with Gasteiger partial charge in [-0.2, -0.15) is 5.90 Å². The fraction of sp³-hybridized carbons (Fsp3) is 0.818. The summed E-state index contributed by atoms with van der Waals surface area (Å²) in [7, 11) is 0. The second-order valence-corrected chi connectivity index (χ2v) is 5.05. The van der Waals surface area contributed by atoms with Gasteiger partial charge in [0.2, 0.25) is 0 Å². The number of esters is 1. The van der Waals surface area contributed by atoms with E-state index in [0.29, 0.717) is 13.0 Å². The van der Waals surface area contributed by atoms with Crippen molar-refractivity contribution in [2.45, 2.75) is 45.3 Å². The minimum absolute atomic E-state index is 0.255. The van der Waals surface area contributed by atoms with Gasteiger partial charge in [-0.15, -0.1) is 0 Å². The standard InChI is InChI=1S/C11H19NO5/c1-11(2,3)16-10(14)8-6-7(4-5-15-8)9(13)17-12/h7-8H,4-6,12H2,1-3H3. The Hall–Kier alpha value is -1.14. The minimum Gasteiger partial charge on any atom is -0.458 e. The highest BCUT2D eigenvalue weighted by Crippen LogP contribution is 2.23. The van der Waals surface area contributed by atoms with Crippen molar-refractivity contribution in [3.63, 3.8) is 0 Å². The van der Waals surface area contributed by atoms with Crippen LogP contribution in [0, 0.1) is 5.92 Å². The molecule has 2 N–H and O–H groups in total. The van der Waals surface area contributed by atoms with E-state index in [0.717, 1.165) is 0 Å². The van der Waals surface area contributed by atoms with Gasteiger partial charge in [-0.3, -0.25) is 4.79 Å². The van der Waals surface area contributed by atoms with Crippen molar-refractivity contribution in [1.82, 2.24) is 0 Å². The van der Waals surface area contributed by atoms with Gasteiger partial charge in [0.25, 0.3) is 0 Å². The first-order valence-corrected chi connectivity index (χ1v) is 5.58. The van der Waals surface area contributed by atoms with Crippen LogP contribution in [-0.2, 0) is 23.9 Å². The van der Waals surface area contributed by atoms with E-state index in [2.05, 4.69) is 4.84 Å².